The van der Waals surface area contributed by atoms with Crippen molar-refractivity contribution >= 4 is 25.6 Å². The van der Waals surface area contributed by atoms with Gasteiger partial charge >= 0.3 is 0 Å². The molecule has 2 saturated carbocycles. The molecular weight excluding hydrogens is 350 g/mol. The Morgan fingerprint density at radius 3 is 1.81 bits per heavy atom. The van der Waals surface area contributed by atoms with Gasteiger partial charge < -0.3 is 0 Å². The minimum Gasteiger partial charge on any atom is -0.274 e. The molecule has 4 aliphatic carbocycles. The summed E-state index contributed by atoms with van der Waals surface area (Å²) >= 11 is 0. The first-order valence-electron chi connectivity index (χ1n) is 10.6. The molecular formula is C23H27NO2Si. The number of imide groups is 1. The molecule has 6 atom stereocenters. The molecule has 4 bridgehead atoms. The Hall–Kier alpha value is -1.68. The van der Waals surface area contributed by atoms with Gasteiger partial charge in [0.05, 0.1) is 17.5 Å². The average Bonchev–Trinajstić information content (AvgIpc) is 3.39. The van der Waals surface area contributed by atoms with Gasteiger partial charge in [0.25, 0.3) is 0 Å². The minimum atomic E-state index is -1.48. The van der Waals surface area contributed by atoms with Crippen LogP contribution in [0.5, 0.6) is 0 Å². The second kappa shape index (κ2) is 5.02. The molecule has 5 aliphatic rings. The highest BCUT2D eigenvalue weighted by atomic mass is 28.3. The van der Waals surface area contributed by atoms with Crippen LogP contribution in [0.25, 0.3) is 0 Å². The summed E-state index contributed by atoms with van der Waals surface area (Å²) in [4.78, 5) is 28.6. The first-order chi connectivity index (χ1) is 12.9. The van der Waals surface area contributed by atoms with Crippen LogP contribution in [0.15, 0.2) is 41.5 Å². The lowest BCUT2D eigenvalue weighted by Crippen LogP contribution is -2.39. The topological polar surface area (TPSA) is 37.4 Å². The van der Waals surface area contributed by atoms with E-state index in [4.69, 9.17) is 0 Å². The van der Waals surface area contributed by atoms with Gasteiger partial charge in [-0.25, -0.2) is 0 Å². The van der Waals surface area contributed by atoms with Gasteiger partial charge in [-0.15, -0.1) is 0 Å². The number of hydrogen-bond donors (Lipinski definition) is 0. The maximum atomic E-state index is 13.6. The summed E-state index contributed by atoms with van der Waals surface area (Å²) in [6.07, 6.45) is 3.93. The van der Waals surface area contributed by atoms with E-state index in [0.29, 0.717) is 29.2 Å². The zero-order chi connectivity index (χ0) is 18.7. The third kappa shape index (κ3) is 1.83. The van der Waals surface area contributed by atoms with E-state index >= 15 is 0 Å². The minimum absolute atomic E-state index is 0.0845. The van der Waals surface area contributed by atoms with Gasteiger partial charge in [-0.3, -0.25) is 14.5 Å². The molecule has 6 rings (SSSR count). The third-order valence-electron chi connectivity index (χ3n) is 8.32. The molecule has 1 aliphatic heterocycles. The van der Waals surface area contributed by atoms with Gasteiger partial charge in [0.15, 0.2) is 0 Å². The van der Waals surface area contributed by atoms with Gasteiger partial charge in [-0.1, -0.05) is 49.0 Å². The standard InChI is InChI=1S/C23H27NO2Si/c1-27(2,3)21-17-15-12-9-10-13(11-12)16(15)18(21)20-19(17)22(25)24(23(20)26)14-7-5-4-6-8-14/h4-8,12-13,17-21H,9-11H2,1-3H3/t12-,13-,17-,18-,19-,20-/m0/s1. The van der Waals surface area contributed by atoms with Crippen LogP contribution in [0.1, 0.15) is 19.3 Å². The van der Waals surface area contributed by atoms with Crippen molar-refractivity contribution in [1.29, 1.82) is 0 Å². The van der Waals surface area contributed by atoms with Crippen LogP contribution >= 0.6 is 0 Å². The van der Waals surface area contributed by atoms with Gasteiger partial charge in [0.1, 0.15) is 0 Å². The second-order valence-electron chi connectivity index (χ2n) is 10.5. The molecule has 1 saturated heterocycles. The molecule has 3 nitrogen and oxygen atoms in total. The molecule has 3 fully saturated rings. The molecule has 0 unspecified atom stereocenters. The van der Waals surface area contributed by atoms with E-state index in [1.807, 2.05) is 30.3 Å². The summed E-state index contributed by atoms with van der Waals surface area (Å²) in [5.41, 5.74) is 4.68. The van der Waals surface area contributed by atoms with Crippen molar-refractivity contribution in [3.05, 3.63) is 41.5 Å². The number of benzene rings is 1. The molecule has 140 valence electrons. The number of nitrogens with zero attached hydrogens (tertiary/aromatic N) is 1. The largest absolute Gasteiger partial charge is 0.274 e. The van der Waals surface area contributed by atoms with Crippen molar-refractivity contribution in [3.63, 3.8) is 0 Å². The fourth-order valence-electron chi connectivity index (χ4n) is 7.77. The van der Waals surface area contributed by atoms with Gasteiger partial charge in [0, 0.05) is 8.07 Å². The quantitative estimate of drug-likeness (QED) is 0.330. The predicted molar refractivity (Wildman–Crippen MR) is 108 cm³/mol. The predicted octanol–water partition coefficient (Wildman–Crippen LogP) is 4.49. The number of hydrogen-bond acceptors (Lipinski definition) is 2. The molecule has 0 N–H and O–H groups in total. The number of fused-ring (bicyclic) bond motifs is 11. The normalized spacial score (nSPS) is 41.7. The maximum absolute atomic E-state index is 13.6. The third-order valence-corrected chi connectivity index (χ3v) is 11.0. The first-order valence-corrected chi connectivity index (χ1v) is 14.1. The first kappa shape index (κ1) is 16.3. The van der Waals surface area contributed by atoms with E-state index < -0.39 is 8.07 Å². The molecule has 1 aromatic rings. The number of amides is 2. The summed E-state index contributed by atoms with van der Waals surface area (Å²) in [5.74, 6) is 2.16. The monoisotopic (exact) mass is 377 g/mol. The van der Waals surface area contributed by atoms with Gasteiger partial charge in [-0.05, 0) is 60.6 Å². The van der Waals surface area contributed by atoms with Crippen molar-refractivity contribution in [2.45, 2.75) is 44.4 Å². The van der Waals surface area contributed by atoms with Crippen molar-refractivity contribution in [1.82, 2.24) is 0 Å². The highest BCUT2D eigenvalue weighted by Gasteiger charge is 2.72. The number of rotatable bonds is 2. The Balaban J connectivity index is 1.49. The molecule has 4 heteroatoms. The van der Waals surface area contributed by atoms with Gasteiger partial charge in [0.2, 0.25) is 11.8 Å². The lowest BCUT2D eigenvalue weighted by atomic mass is 9.72. The van der Waals surface area contributed by atoms with Crippen LogP contribution < -0.4 is 4.90 Å². The summed E-state index contributed by atoms with van der Waals surface area (Å²) in [5, 5.41) is 0. The Morgan fingerprint density at radius 1 is 0.815 bits per heavy atom. The van der Waals surface area contributed by atoms with Crippen LogP contribution in [-0.2, 0) is 9.59 Å². The molecule has 1 heterocycles. The SMILES string of the molecule is C[Si](C)(C)C1[C@H]2C3=C([C@H]4CC[C@H]3C4)[C@H]1[C@@H]1C(=O)N(c3ccccc3)C(=O)[C@H]12. The second-order valence-corrected chi connectivity index (χ2v) is 15.9. The van der Waals surface area contributed by atoms with E-state index in [1.165, 1.54) is 24.2 Å². The lowest BCUT2D eigenvalue weighted by Gasteiger charge is -2.34. The van der Waals surface area contributed by atoms with E-state index in [-0.39, 0.29) is 23.7 Å². The highest BCUT2D eigenvalue weighted by Crippen LogP contribution is 2.74. The summed E-state index contributed by atoms with van der Waals surface area (Å²) in [6, 6.07) is 9.58. The number of carbonyl (C=O) groups excluding carboxylic acids is 2. The smallest absolute Gasteiger partial charge is 0.238 e. The van der Waals surface area contributed by atoms with Crippen LogP contribution in [0.2, 0.25) is 25.2 Å². The van der Waals surface area contributed by atoms with Crippen molar-refractivity contribution < 1.29 is 9.59 Å². The summed E-state index contributed by atoms with van der Waals surface area (Å²) < 4.78 is 0. The summed E-state index contributed by atoms with van der Waals surface area (Å²) in [7, 11) is -1.48. The number of anilines is 1. The van der Waals surface area contributed by atoms with E-state index in [1.54, 1.807) is 11.1 Å². The molecule has 27 heavy (non-hydrogen) atoms. The summed E-state index contributed by atoms with van der Waals surface area (Å²) in [6.45, 7) is 7.35. The van der Waals surface area contributed by atoms with E-state index in [0.717, 1.165) is 5.69 Å². The molecule has 2 amide bonds. The van der Waals surface area contributed by atoms with E-state index in [2.05, 4.69) is 19.6 Å². The Kier molecular flexibility index (Phi) is 3.03. The van der Waals surface area contributed by atoms with Crippen LogP contribution in [0.4, 0.5) is 5.69 Å². The average molecular weight is 378 g/mol. The lowest BCUT2D eigenvalue weighted by molar-refractivity contribution is -0.123. The highest BCUT2D eigenvalue weighted by molar-refractivity contribution is 6.78. The Morgan fingerprint density at radius 2 is 1.33 bits per heavy atom. The van der Waals surface area contributed by atoms with Crippen molar-refractivity contribution in [2.24, 2.45) is 35.5 Å². The fourth-order valence-corrected chi connectivity index (χ4v) is 10.7. The fraction of sp³-hybridized carbons (Fsp3) is 0.565. The van der Waals surface area contributed by atoms with Crippen molar-refractivity contribution in [2.75, 3.05) is 4.90 Å². The zero-order valence-electron chi connectivity index (χ0n) is 16.3. The molecule has 0 radical (unpaired) electrons. The van der Waals surface area contributed by atoms with Crippen LogP contribution in [-0.4, -0.2) is 19.9 Å². The molecule has 1 aromatic carbocycles. The maximum Gasteiger partial charge on any atom is 0.238 e. The zero-order valence-corrected chi connectivity index (χ0v) is 17.3. The number of carbonyl (C=O) groups is 2. The van der Waals surface area contributed by atoms with E-state index in [9.17, 15) is 9.59 Å². The van der Waals surface area contributed by atoms with Crippen LogP contribution in [0, 0.1) is 35.5 Å². The molecule has 0 spiro atoms. The molecule has 0 aromatic heterocycles. The number of para-hydroxylation sites is 1. The Bertz CT molecular complexity index is 853. The van der Waals surface area contributed by atoms with Crippen molar-refractivity contribution in [3.8, 4) is 0 Å². The number of allylic oxidation sites excluding steroid dienone is 2. The Labute approximate surface area is 161 Å². The van der Waals surface area contributed by atoms with Crippen LogP contribution in [0.3, 0.4) is 0 Å². The van der Waals surface area contributed by atoms with Gasteiger partial charge in [-0.2, -0.15) is 0 Å².